The first-order chi connectivity index (χ1) is 8.42. The lowest BCUT2D eigenvalue weighted by Crippen LogP contribution is -2.44. The van der Waals surface area contributed by atoms with Gasteiger partial charge in [-0.3, -0.25) is 4.79 Å². The molecule has 1 rings (SSSR count). The van der Waals surface area contributed by atoms with Crippen molar-refractivity contribution in [1.82, 2.24) is 10.6 Å². The van der Waals surface area contributed by atoms with Crippen LogP contribution in [0.25, 0.3) is 0 Å². The summed E-state index contributed by atoms with van der Waals surface area (Å²) in [4.78, 5) is 22.4. The maximum atomic E-state index is 11.5. The summed E-state index contributed by atoms with van der Waals surface area (Å²) >= 11 is 0. The Hall–Kier alpha value is -1.52. The molecule has 0 heterocycles. The first-order valence-electron chi connectivity index (χ1n) is 6.32. The number of nitrogens with one attached hydrogen (secondary N) is 2. The van der Waals surface area contributed by atoms with Gasteiger partial charge < -0.3 is 15.7 Å². The second kappa shape index (κ2) is 6.42. The second-order valence-corrected chi connectivity index (χ2v) is 5.40. The van der Waals surface area contributed by atoms with Crippen molar-refractivity contribution in [2.75, 3.05) is 13.1 Å². The van der Waals surface area contributed by atoms with Crippen LogP contribution in [0.2, 0.25) is 0 Å². The molecular formula is C13H22N2O3. The van der Waals surface area contributed by atoms with E-state index in [0.29, 0.717) is 12.5 Å². The summed E-state index contributed by atoms with van der Waals surface area (Å²) in [6.45, 7) is 3.94. The summed E-state index contributed by atoms with van der Waals surface area (Å²) in [6.07, 6.45) is 7.46. The molecule has 0 aromatic rings. The van der Waals surface area contributed by atoms with E-state index in [1.165, 1.54) is 0 Å². The number of rotatable bonds is 5. The summed E-state index contributed by atoms with van der Waals surface area (Å²) in [5.41, 5.74) is -0.940. The fourth-order valence-corrected chi connectivity index (χ4v) is 1.72. The molecule has 0 aromatic carbocycles. The molecule has 1 aliphatic rings. The zero-order valence-electron chi connectivity index (χ0n) is 11.0. The van der Waals surface area contributed by atoms with Crippen LogP contribution < -0.4 is 10.6 Å². The van der Waals surface area contributed by atoms with Crippen LogP contribution in [-0.2, 0) is 4.79 Å². The molecule has 5 nitrogen and oxygen atoms in total. The average Bonchev–Trinajstić information content (AvgIpc) is 2.35. The number of urea groups is 1. The van der Waals surface area contributed by atoms with E-state index in [0.717, 1.165) is 19.3 Å². The van der Waals surface area contributed by atoms with Crippen LogP contribution in [-0.4, -0.2) is 30.2 Å². The van der Waals surface area contributed by atoms with E-state index < -0.39 is 11.4 Å². The Labute approximate surface area is 108 Å². The van der Waals surface area contributed by atoms with Gasteiger partial charge in [-0.1, -0.05) is 12.2 Å². The van der Waals surface area contributed by atoms with Crippen LogP contribution in [0.4, 0.5) is 4.79 Å². The van der Waals surface area contributed by atoms with Gasteiger partial charge in [-0.15, -0.1) is 0 Å². The van der Waals surface area contributed by atoms with Crippen molar-refractivity contribution in [3.05, 3.63) is 12.2 Å². The van der Waals surface area contributed by atoms with Crippen LogP contribution in [0.5, 0.6) is 0 Å². The smallest absolute Gasteiger partial charge is 0.314 e. The average molecular weight is 254 g/mol. The Balaban J connectivity index is 2.21. The monoisotopic (exact) mass is 254 g/mol. The van der Waals surface area contributed by atoms with Crippen molar-refractivity contribution >= 4 is 12.0 Å². The lowest BCUT2D eigenvalue weighted by molar-refractivity contribution is -0.146. The minimum atomic E-state index is -0.940. The van der Waals surface area contributed by atoms with Crippen molar-refractivity contribution in [2.24, 2.45) is 11.3 Å². The van der Waals surface area contributed by atoms with Gasteiger partial charge in [-0.2, -0.15) is 0 Å². The van der Waals surface area contributed by atoms with Gasteiger partial charge in [0, 0.05) is 13.1 Å². The molecule has 2 amide bonds. The molecular weight excluding hydrogens is 232 g/mol. The van der Waals surface area contributed by atoms with Crippen LogP contribution in [0.15, 0.2) is 12.2 Å². The zero-order valence-corrected chi connectivity index (χ0v) is 11.0. The van der Waals surface area contributed by atoms with Crippen LogP contribution in [0.1, 0.15) is 33.1 Å². The van der Waals surface area contributed by atoms with E-state index in [9.17, 15) is 9.59 Å². The third kappa shape index (κ3) is 4.77. The lowest BCUT2D eigenvalue weighted by atomic mass is 9.94. The molecule has 5 heteroatoms. The third-order valence-electron chi connectivity index (χ3n) is 3.20. The van der Waals surface area contributed by atoms with Crippen molar-refractivity contribution < 1.29 is 14.7 Å². The molecule has 0 saturated heterocycles. The molecule has 0 radical (unpaired) electrons. The van der Waals surface area contributed by atoms with Crippen molar-refractivity contribution in [2.45, 2.75) is 33.1 Å². The molecule has 0 aliphatic heterocycles. The van der Waals surface area contributed by atoms with Gasteiger partial charge >= 0.3 is 12.0 Å². The van der Waals surface area contributed by atoms with Gasteiger partial charge in [0.1, 0.15) is 0 Å². The maximum Gasteiger partial charge on any atom is 0.314 e. The predicted molar refractivity (Wildman–Crippen MR) is 69.3 cm³/mol. The van der Waals surface area contributed by atoms with Crippen LogP contribution >= 0.6 is 0 Å². The highest BCUT2D eigenvalue weighted by Crippen LogP contribution is 2.17. The molecule has 0 aromatic heterocycles. The topological polar surface area (TPSA) is 78.4 Å². The molecule has 1 atom stereocenters. The first kappa shape index (κ1) is 14.5. The van der Waals surface area contributed by atoms with Gasteiger partial charge in [-0.05, 0) is 39.0 Å². The van der Waals surface area contributed by atoms with E-state index in [1.54, 1.807) is 13.8 Å². The Kier molecular flexibility index (Phi) is 5.19. The number of carbonyl (C=O) groups is 2. The molecule has 0 fully saturated rings. The SMILES string of the molecule is CC(C)(CNC(=O)NCC1CC=CCC1)C(=O)O. The minimum Gasteiger partial charge on any atom is -0.481 e. The normalized spacial score (nSPS) is 19.3. The van der Waals surface area contributed by atoms with Crippen molar-refractivity contribution in [1.29, 1.82) is 0 Å². The largest absolute Gasteiger partial charge is 0.481 e. The molecule has 0 spiro atoms. The molecule has 0 saturated carbocycles. The first-order valence-corrected chi connectivity index (χ1v) is 6.32. The number of carbonyl (C=O) groups excluding carboxylic acids is 1. The Bertz CT molecular complexity index is 337. The quantitative estimate of drug-likeness (QED) is 0.654. The van der Waals surface area contributed by atoms with E-state index in [1.807, 2.05) is 0 Å². The van der Waals surface area contributed by atoms with Gasteiger partial charge in [0.05, 0.1) is 5.41 Å². The predicted octanol–water partition coefficient (Wildman–Crippen LogP) is 1.75. The van der Waals surface area contributed by atoms with Gasteiger partial charge in [0.2, 0.25) is 0 Å². The number of allylic oxidation sites excluding steroid dienone is 2. The zero-order chi connectivity index (χ0) is 13.6. The number of amides is 2. The summed E-state index contributed by atoms with van der Waals surface area (Å²) in [5, 5.41) is 14.3. The number of carboxylic acid groups (broad SMARTS) is 1. The number of aliphatic carboxylic acids is 1. The van der Waals surface area contributed by atoms with Crippen LogP contribution in [0.3, 0.4) is 0 Å². The highest BCUT2D eigenvalue weighted by atomic mass is 16.4. The van der Waals surface area contributed by atoms with Gasteiger partial charge in [0.25, 0.3) is 0 Å². The fourth-order valence-electron chi connectivity index (χ4n) is 1.72. The molecule has 3 N–H and O–H groups in total. The summed E-state index contributed by atoms with van der Waals surface area (Å²) in [6, 6.07) is -0.293. The fraction of sp³-hybridized carbons (Fsp3) is 0.692. The summed E-state index contributed by atoms with van der Waals surface area (Å²) < 4.78 is 0. The maximum absolute atomic E-state index is 11.5. The van der Waals surface area contributed by atoms with E-state index >= 15 is 0 Å². The highest BCUT2D eigenvalue weighted by molar-refractivity contribution is 5.77. The third-order valence-corrected chi connectivity index (χ3v) is 3.20. The summed E-state index contributed by atoms with van der Waals surface area (Å²) in [7, 11) is 0. The lowest BCUT2D eigenvalue weighted by Gasteiger charge is -2.21. The molecule has 1 unspecified atom stereocenters. The van der Waals surface area contributed by atoms with Crippen molar-refractivity contribution in [3.8, 4) is 0 Å². The van der Waals surface area contributed by atoms with Gasteiger partial charge in [-0.25, -0.2) is 4.79 Å². The Morgan fingerprint density at radius 1 is 1.33 bits per heavy atom. The molecule has 0 bridgehead atoms. The van der Waals surface area contributed by atoms with Gasteiger partial charge in [0.15, 0.2) is 0 Å². The van der Waals surface area contributed by atoms with Crippen LogP contribution in [0, 0.1) is 11.3 Å². The number of hydrogen-bond donors (Lipinski definition) is 3. The Morgan fingerprint density at radius 3 is 2.61 bits per heavy atom. The molecule has 102 valence electrons. The molecule has 1 aliphatic carbocycles. The molecule has 18 heavy (non-hydrogen) atoms. The van der Waals surface area contributed by atoms with Crippen molar-refractivity contribution in [3.63, 3.8) is 0 Å². The standard InChI is InChI=1S/C13H22N2O3/c1-13(2,11(16)17)9-15-12(18)14-8-10-6-4-3-5-7-10/h3-4,10H,5-9H2,1-2H3,(H,16,17)(H2,14,15,18). The second-order valence-electron chi connectivity index (χ2n) is 5.40. The number of carboxylic acids is 1. The van der Waals surface area contributed by atoms with E-state index in [-0.39, 0.29) is 12.6 Å². The Morgan fingerprint density at radius 2 is 2.06 bits per heavy atom. The highest BCUT2D eigenvalue weighted by Gasteiger charge is 2.27. The minimum absolute atomic E-state index is 0.124. The number of hydrogen-bond acceptors (Lipinski definition) is 2. The van der Waals surface area contributed by atoms with E-state index in [2.05, 4.69) is 22.8 Å². The summed E-state index contributed by atoms with van der Waals surface area (Å²) in [5.74, 6) is -0.423. The van der Waals surface area contributed by atoms with E-state index in [4.69, 9.17) is 5.11 Å².